The summed E-state index contributed by atoms with van der Waals surface area (Å²) < 4.78 is 45.5. The largest absolute Gasteiger partial charge is 0.483 e. The monoisotopic (exact) mass is 301 g/mol. The minimum atomic E-state index is -0.847. The van der Waals surface area contributed by atoms with E-state index in [4.69, 9.17) is 22.1 Å². The van der Waals surface area contributed by atoms with Crippen LogP contribution in [0.4, 0.5) is 13.2 Å². The molecule has 2 N–H and O–H groups in total. The van der Waals surface area contributed by atoms with Crippen molar-refractivity contribution in [2.75, 3.05) is 0 Å². The summed E-state index contributed by atoms with van der Waals surface area (Å²) in [6.07, 6.45) is 0. The van der Waals surface area contributed by atoms with Gasteiger partial charge in [-0.05, 0) is 35.4 Å². The van der Waals surface area contributed by atoms with Crippen molar-refractivity contribution in [2.24, 2.45) is 5.73 Å². The molecule has 0 fully saturated rings. The highest BCUT2D eigenvalue weighted by Crippen LogP contribution is 2.25. The average molecular weight is 302 g/mol. The normalized spacial score (nSPS) is 10.7. The molecular formula is C14H11ClF3NO. The minimum Gasteiger partial charge on any atom is -0.483 e. The quantitative estimate of drug-likeness (QED) is 0.932. The van der Waals surface area contributed by atoms with Gasteiger partial charge in [-0.2, -0.15) is 0 Å². The number of hydrogen-bond acceptors (Lipinski definition) is 2. The van der Waals surface area contributed by atoms with Gasteiger partial charge in [0.15, 0.2) is 17.4 Å². The highest BCUT2D eigenvalue weighted by atomic mass is 35.5. The molecule has 0 unspecified atom stereocenters. The molecule has 0 heterocycles. The Balaban J connectivity index is 2.16. The topological polar surface area (TPSA) is 35.2 Å². The molecule has 0 aliphatic carbocycles. The summed E-state index contributed by atoms with van der Waals surface area (Å²) in [5.41, 5.74) is 6.04. The van der Waals surface area contributed by atoms with Crippen molar-refractivity contribution >= 4 is 11.6 Å². The van der Waals surface area contributed by atoms with Crippen LogP contribution in [0.2, 0.25) is 5.02 Å². The van der Waals surface area contributed by atoms with E-state index in [2.05, 4.69) is 0 Å². The predicted molar refractivity (Wildman–Crippen MR) is 70.0 cm³/mol. The predicted octanol–water partition coefficient (Wildman–Crippen LogP) is 3.80. The lowest BCUT2D eigenvalue weighted by atomic mass is 10.2. The Labute approximate surface area is 118 Å². The lowest BCUT2D eigenvalue weighted by molar-refractivity contribution is 0.273. The molecule has 2 aromatic rings. The third-order valence-corrected chi connectivity index (χ3v) is 2.97. The average Bonchev–Trinajstić information content (AvgIpc) is 2.41. The maximum absolute atomic E-state index is 13.6. The van der Waals surface area contributed by atoms with Gasteiger partial charge in [0.25, 0.3) is 0 Å². The second-order valence-corrected chi connectivity index (χ2v) is 4.54. The van der Waals surface area contributed by atoms with E-state index in [-0.39, 0.29) is 18.2 Å². The molecule has 0 saturated heterocycles. The lowest BCUT2D eigenvalue weighted by Crippen LogP contribution is -2.03. The van der Waals surface area contributed by atoms with Crippen molar-refractivity contribution in [1.82, 2.24) is 0 Å². The van der Waals surface area contributed by atoms with Crippen LogP contribution >= 0.6 is 11.6 Å². The number of nitrogens with two attached hydrogens (primary N) is 1. The Morgan fingerprint density at radius 1 is 0.950 bits per heavy atom. The smallest absolute Gasteiger partial charge is 0.191 e. The van der Waals surface area contributed by atoms with Crippen LogP contribution < -0.4 is 10.5 Å². The van der Waals surface area contributed by atoms with Gasteiger partial charge in [0.1, 0.15) is 12.4 Å². The highest BCUT2D eigenvalue weighted by Gasteiger charge is 2.13. The maximum Gasteiger partial charge on any atom is 0.191 e. The van der Waals surface area contributed by atoms with Crippen LogP contribution in [-0.2, 0) is 13.2 Å². The summed E-state index contributed by atoms with van der Waals surface area (Å²) in [4.78, 5) is 0. The summed E-state index contributed by atoms with van der Waals surface area (Å²) in [5.74, 6) is -2.83. The number of halogens is 4. The van der Waals surface area contributed by atoms with Crippen molar-refractivity contribution in [1.29, 1.82) is 0 Å². The van der Waals surface area contributed by atoms with Crippen LogP contribution in [0.1, 0.15) is 11.1 Å². The Hall–Kier alpha value is -1.72. The fraction of sp³-hybridized carbons (Fsp3) is 0.143. The van der Waals surface area contributed by atoms with E-state index < -0.39 is 23.2 Å². The van der Waals surface area contributed by atoms with Gasteiger partial charge in [0.05, 0.1) is 5.02 Å². The van der Waals surface area contributed by atoms with E-state index in [0.29, 0.717) is 11.1 Å². The van der Waals surface area contributed by atoms with Crippen LogP contribution in [0.3, 0.4) is 0 Å². The molecule has 0 bridgehead atoms. The summed E-state index contributed by atoms with van der Waals surface area (Å²) in [6.45, 7) is -0.152. The minimum absolute atomic E-state index is 0.0243. The van der Waals surface area contributed by atoms with E-state index in [1.54, 1.807) is 0 Å². The zero-order valence-electron chi connectivity index (χ0n) is 10.3. The zero-order valence-corrected chi connectivity index (χ0v) is 11.1. The number of hydrogen-bond donors (Lipinski definition) is 1. The van der Waals surface area contributed by atoms with E-state index in [1.165, 1.54) is 12.1 Å². The van der Waals surface area contributed by atoms with Crippen molar-refractivity contribution in [3.8, 4) is 5.75 Å². The molecule has 0 aliphatic rings. The van der Waals surface area contributed by atoms with Crippen LogP contribution in [0.25, 0.3) is 0 Å². The van der Waals surface area contributed by atoms with Crippen LogP contribution in [-0.4, -0.2) is 0 Å². The molecule has 0 spiro atoms. The molecule has 0 amide bonds. The number of rotatable bonds is 4. The molecule has 0 radical (unpaired) electrons. The van der Waals surface area contributed by atoms with Gasteiger partial charge in [0.2, 0.25) is 0 Å². The Bertz CT molecular complexity index is 611. The second kappa shape index (κ2) is 6.15. The molecule has 20 heavy (non-hydrogen) atoms. The summed E-state index contributed by atoms with van der Waals surface area (Å²) in [5, 5.41) is -0.0293. The van der Waals surface area contributed by atoms with Crippen LogP contribution in [0.5, 0.6) is 5.75 Å². The van der Waals surface area contributed by atoms with Crippen LogP contribution in [0.15, 0.2) is 30.3 Å². The SMILES string of the molecule is NCc1cc(F)c(OCc2ccc(Cl)c(F)c2)c(F)c1. The number of ether oxygens (including phenoxy) is 1. The maximum atomic E-state index is 13.6. The van der Waals surface area contributed by atoms with E-state index >= 15 is 0 Å². The molecule has 6 heteroatoms. The molecule has 0 aromatic heterocycles. The van der Waals surface area contributed by atoms with E-state index in [1.807, 2.05) is 0 Å². The molecule has 2 rings (SSSR count). The van der Waals surface area contributed by atoms with Gasteiger partial charge in [0, 0.05) is 6.54 Å². The van der Waals surface area contributed by atoms with Gasteiger partial charge < -0.3 is 10.5 Å². The molecule has 2 nitrogen and oxygen atoms in total. The van der Waals surface area contributed by atoms with E-state index in [0.717, 1.165) is 18.2 Å². The summed E-state index contributed by atoms with van der Waals surface area (Å²) >= 11 is 5.53. The van der Waals surface area contributed by atoms with Gasteiger partial charge in [-0.3, -0.25) is 0 Å². The van der Waals surface area contributed by atoms with Gasteiger partial charge in [-0.1, -0.05) is 17.7 Å². The van der Waals surface area contributed by atoms with Gasteiger partial charge in [-0.25, -0.2) is 13.2 Å². The summed E-state index contributed by atoms with van der Waals surface area (Å²) in [7, 11) is 0. The first-order chi connectivity index (χ1) is 9.51. The van der Waals surface area contributed by atoms with E-state index in [9.17, 15) is 13.2 Å². The molecule has 0 aliphatic heterocycles. The third kappa shape index (κ3) is 3.23. The standard InChI is InChI=1S/C14H11ClF3NO/c15-10-2-1-8(3-11(10)16)7-20-14-12(17)4-9(6-19)5-13(14)18/h1-5H,6-7,19H2. The fourth-order valence-corrected chi connectivity index (χ4v) is 1.77. The van der Waals surface area contributed by atoms with Crippen molar-refractivity contribution < 1.29 is 17.9 Å². The first kappa shape index (κ1) is 14.7. The fourth-order valence-electron chi connectivity index (χ4n) is 1.65. The van der Waals surface area contributed by atoms with Crippen molar-refractivity contribution in [3.63, 3.8) is 0 Å². The second-order valence-electron chi connectivity index (χ2n) is 4.13. The zero-order chi connectivity index (χ0) is 14.7. The van der Waals surface area contributed by atoms with Crippen molar-refractivity contribution in [2.45, 2.75) is 13.2 Å². The Morgan fingerprint density at radius 2 is 1.55 bits per heavy atom. The summed E-state index contributed by atoms with van der Waals surface area (Å²) in [6, 6.07) is 6.20. The molecule has 0 saturated carbocycles. The Kier molecular flexibility index (Phi) is 4.52. The van der Waals surface area contributed by atoms with Gasteiger partial charge >= 0.3 is 0 Å². The first-order valence-electron chi connectivity index (χ1n) is 5.76. The molecule has 0 atom stereocenters. The number of benzene rings is 2. The van der Waals surface area contributed by atoms with Gasteiger partial charge in [-0.15, -0.1) is 0 Å². The first-order valence-corrected chi connectivity index (χ1v) is 6.13. The molecular weight excluding hydrogens is 291 g/mol. The highest BCUT2D eigenvalue weighted by molar-refractivity contribution is 6.30. The lowest BCUT2D eigenvalue weighted by Gasteiger charge is -2.10. The Morgan fingerprint density at radius 3 is 2.10 bits per heavy atom. The van der Waals surface area contributed by atoms with Crippen molar-refractivity contribution in [3.05, 3.63) is 63.9 Å². The molecule has 2 aromatic carbocycles. The third-order valence-electron chi connectivity index (χ3n) is 2.66. The van der Waals surface area contributed by atoms with Crippen LogP contribution in [0, 0.1) is 17.5 Å². The molecule has 106 valence electrons.